The van der Waals surface area contributed by atoms with Crippen molar-refractivity contribution in [2.75, 3.05) is 0 Å². The molecule has 0 saturated carbocycles. The van der Waals surface area contributed by atoms with Crippen LogP contribution in [0.3, 0.4) is 0 Å². The first-order valence-corrected chi connectivity index (χ1v) is 7.22. The van der Waals surface area contributed by atoms with Gasteiger partial charge in [0.1, 0.15) is 11.6 Å². The summed E-state index contributed by atoms with van der Waals surface area (Å²) in [6, 6.07) is 8.12. The molecule has 1 aromatic carbocycles. The molecule has 0 N–H and O–H groups in total. The fraction of sp³-hybridized carbons (Fsp3) is 0.500. The summed E-state index contributed by atoms with van der Waals surface area (Å²) in [5.74, 6) is 1.22. The van der Waals surface area contributed by atoms with Gasteiger partial charge in [-0.25, -0.2) is 4.98 Å². The average molecular weight is 258 g/mol. The van der Waals surface area contributed by atoms with Gasteiger partial charge in [0.25, 0.3) is 0 Å². The van der Waals surface area contributed by atoms with Crippen LogP contribution in [0.1, 0.15) is 45.4 Å². The van der Waals surface area contributed by atoms with E-state index >= 15 is 0 Å². The molecule has 102 valence electrons. The summed E-state index contributed by atoms with van der Waals surface area (Å²) >= 11 is 0. The standard InChI is InChI=1S/C16H22N2O/c1-3-5-8-13(19)12-16-17-14-9-6-7-10-15(14)18(16)11-4-2/h6-7,9-10H,3-5,8,11-12H2,1-2H3. The maximum atomic E-state index is 12.0. The van der Waals surface area contributed by atoms with Crippen molar-refractivity contribution in [3.63, 3.8) is 0 Å². The van der Waals surface area contributed by atoms with E-state index in [4.69, 9.17) is 0 Å². The molecule has 0 bridgehead atoms. The number of benzene rings is 1. The van der Waals surface area contributed by atoms with Crippen LogP contribution in [0.25, 0.3) is 11.0 Å². The highest BCUT2D eigenvalue weighted by atomic mass is 16.1. The van der Waals surface area contributed by atoms with Crippen molar-refractivity contribution in [3.8, 4) is 0 Å². The van der Waals surface area contributed by atoms with E-state index in [1.807, 2.05) is 18.2 Å². The molecule has 0 aliphatic heterocycles. The fourth-order valence-corrected chi connectivity index (χ4v) is 2.37. The predicted octanol–water partition coefficient (Wildman–Crippen LogP) is 3.75. The highest BCUT2D eigenvalue weighted by Gasteiger charge is 2.12. The van der Waals surface area contributed by atoms with Gasteiger partial charge in [-0.1, -0.05) is 32.4 Å². The van der Waals surface area contributed by atoms with Gasteiger partial charge in [0.15, 0.2) is 0 Å². The number of unbranched alkanes of at least 4 members (excludes halogenated alkanes) is 1. The van der Waals surface area contributed by atoms with Gasteiger partial charge < -0.3 is 4.57 Å². The van der Waals surface area contributed by atoms with Crippen LogP contribution >= 0.6 is 0 Å². The Morgan fingerprint density at radius 1 is 1.21 bits per heavy atom. The monoisotopic (exact) mass is 258 g/mol. The number of fused-ring (bicyclic) bond motifs is 1. The molecule has 0 unspecified atom stereocenters. The predicted molar refractivity (Wildman–Crippen MR) is 78.3 cm³/mol. The molecule has 3 nitrogen and oxygen atoms in total. The van der Waals surface area contributed by atoms with Crippen molar-refractivity contribution in [2.45, 2.75) is 52.5 Å². The Morgan fingerprint density at radius 2 is 2.00 bits per heavy atom. The molecule has 0 atom stereocenters. The number of rotatable bonds is 7. The third-order valence-corrected chi connectivity index (χ3v) is 3.35. The van der Waals surface area contributed by atoms with Gasteiger partial charge in [-0.05, 0) is 25.0 Å². The van der Waals surface area contributed by atoms with Gasteiger partial charge in [-0.3, -0.25) is 4.79 Å². The third-order valence-electron chi connectivity index (χ3n) is 3.35. The van der Waals surface area contributed by atoms with E-state index in [0.29, 0.717) is 18.6 Å². The van der Waals surface area contributed by atoms with Crippen LogP contribution < -0.4 is 0 Å². The lowest BCUT2D eigenvalue weighted by molar-refractivity contribution is -0.118. The number of Topliss-reactive ketones (excluding diaryl/α,β-unsaturated/α-hetero) is 1. The van der Waals surface area contributed by atoms with E-state index < -0.39 is 0 Å². The summed E-state index contributed by atoms with van der Waals surface area (Å²) in [7, 11) is 0. The van der Waals surface area contributed by atoms with Crippen LogP contribution in [0.15, 0.2) is 24.3 Å². The second-order valence-corrected chi connectivity index (χ2v) is 4.99. The van der Waals surface area contributed by atoms with Gasteiger partial charge in [0.2, 0.25) is 0 Å². The lowest BCUT2D eigenvalue weighted by Crippen LogP contribution is -2.10. The Labute approximate surface area is 114 Å². The summed E-state index contributed by atoms with van der Waals surface area (Å²) in [5, 5.41) is 0. The van der Waals surface area contributed by atoms with Crippen LogP contribution in [-0.4, -0.2) is 15.3 Å². The molecule has 0 radical (unpaired) electrons. The maximum Gasteiger partial charge on any atom is 0.140 e. The SMILES string of the molecule is CCCCC(=O)Cc1nc2ccccc2n1CCC. The number of carbonyl (C=O) groups excluding carboxylic acids is 1. The minimum absolute atomic E-state index is 0.300. The van der Waals surface area contributed by atoms with Crippen molar-refractivity contribution >= 4 is 16.8 Å². The van der Waals surface area contributed by atoms with Crippen LogP contribution in [0, 0.1) is 0 Å². The zero-order valence-corrected chi connectivity index (χ0v) is 11.9. The van der Waals surface area contributed by atoms with E-state index in [2.05, 4.69) is 29.5 Å². The summed E-state index contributed by atoms with van der Waals surface area (Å²) < 4.78 is 2.19. The smallest absolute Gasteiger partial charge is 0.140 e. The summed E-state index contributed by atoms with van der Waals surface area (Å²) in [4.78, 5) is 16.6. The van der Waals surface area contributed by atoms with Crippen molar-refractivity contribution < 1.29 is 4.79 Å². The molecule has 2 aromatic rings. The van der Waals surface area contributed by atoms with Gasteiger partial charge in [0.05, 0.1) is 17.5 Å². The van der Waals surface area contributed by atoms with Gasteiger partial charge >= 0.3 is 0 Å². The number of imidazole rings is 1. The van der Waals surface area contributed by atoms with Crippen molar-refractivity contribution in [1.82, 2.24) is 9.55 Å². The second kappa shape index (κ2) is 6.50. The van der Waals surface area contributed by atoms with Crippen LogP contribution in [0.4, 0.5) is 0 Å². The first-order chi connectivity index (χ1) is 9.26. The van der Waals surface area contributed by atoms with Gasteiger partial charge in [-0.2, -0.15) is 0 Å². The average Bonchev–Trinajstić information content (AvgIpc) is 2.75. The molecule has 0 aliphatic carbocycles. The number of para-hydroxylation sites is 2. The molecule has 2 rings (SSSR count). The van der Waals surface area contributed by atoms with E-state index in [1.54, 1.807) is 0 Å². The Kier molecular flexibility index (Phi) is 4.72. The Balaban J connectivity index is 2.26. The van der Waals surface area contributed by atoms with Gasteiger partial charge in [-0.15, -0.1) is 0 Å². The molecule has 19 heavy (non-hydrogen) atoms. The van der Waals surface area contributed by atoms with E-state index in [-0.39, 0.29) is 0 Å². The number of carbonyl (C=O) groups is 1. The summed E-state index contributed by atoms with van der Waals surface area (Å²) in [6.07, 6.45) is 4.24. The molecule has 0 saturated heterocycles. The van der Waals surface area contributed by atoms with Crippen molar-refractivity contribution in [3.05, 3.63) is 30.1 Å². The lowest BCUT2D eigenvalue weighted by Gasteiger charge is -2.07. The number of hydrogen-bond donors (Lipinski definition) is 0. The van der Waals surface area contributed by atoms with Crippen LogP contribution in [0.5, 0.6) is 0 Å². The van der Waals surface area contributed by atoms with Crippen molar-refractivity contribution in [1.29, 1.82) is 0 Å². The number of ketones is 1. The van der Waals surface area contributed by atoms with Crippen molar-refractivity contribution in [2.24, 2.45) is 0 Å². The number of aromatic nitrogens is 2. The number of hydrogen-bond acceptors (Lipinski definition) is 2. The highest BCUT2D eigenvalue weighted by Crippen LogP contribution is 2.17. The Morgan fingerprint density at radius 3 is 2.74 bits per heavy atom. The van der Waals surface area contributed by atoms with E-state index in [1.165, 1.54) is 0 Å². The maximum absolute atomic E-state index is 12.0. The van der Waals surface area contributed by atoms with Crippen LogP contribution in [-0.2, 0) is 17.8 Å². The Bertz CT molecular complexity index is 557. The van der Waals surface area contributed by atoms with Gasteiger partial charge in [0, 0.05) is 13.0 Å². The molecule has 0 fully saturated rings. The topological polar surface area (TPSA) is 34.9 Å². The summed E-state index contributed by atoms with van der Waals surface area (Å²) in [6.45, 7) is 5.19. The summed E-state index contributed by atoms with van der Waals surface area (Å²) in [5.41, 5.74) is 2.14. The minimum Gasteiger partial charge on any atom is -0.328 e. The molecule has 0 amide bonds. The fourth-order valence-electron chi connectivity index (χ4n) is 2.37. The molecule has 3 heteroatoms. The van der Waals surface area contributed by atoms with Crippen LogP contribution in [0.2, 0.25) is 0 Å². The molecule has 1 heterocycles. The molecular formula is C16H22N2O. The first kappa shape index (κ1) is 13.8. The largest absolute Gasteiger partial charge is 0.328 e. The Hall–Kier alpha value is -1.64. The molecular weight excluding hydrogens is 236 g/mol. The highest BCUT2D eigenvalue weighted by molar-refractivity contribution is 5.82. The second-order valence-electron chi connectivity index (χ2n) is 4.99. The normalized spacial score (nSPS) is 11.1. The molecule has 1 aromatic heterocycles. The van der Waals surface area contributed by atoms with E-state index in [9.17, 15) is 4.79 Å². The minimum atomic E-state index is 0.300. The number of aryl methyl sites for hydroxylation is 1. The first-order valence-electron chi connectivity index (χ1n) is 7.22. The molecule has 0 spiro atoms. The zero-order valence-electron chi connectivity index (χ0n) is 11.9. The quantitative estimate of drug-likeness (QED) is 0.758. The lowest BCUT2D eigenvalue weighted by atomic mass is 10.1. The zero-order chi connectivity index (χ0) is 13.7. The third kappa shape index (κ3) is 3.22. The van der Waals surface area contributed by atoms with E-state index in [0.717, 1.165) is 42.7 Å². The number of nitrogens with zero attached hydrogens (tertiary/aromatic N) is 2. The molecule has 0 aliphatic rings.